The Morgan fingerprint density at radius 1 is 0.480 bits per heavy atom. The summed E-state index contributed by atoms with van der Waals surface area (Å²) in [5.74, 6) is -2.20. The molecule has 0 atom stereocenters. The van der Waals surface area contributed by atoms with Gasteiger partial charge in [0.05, 0.1) is 34.1 Å². The number of rotatable bonds is 8. The van der Waals surface area contributed by atoms with Crippen molar-refractivity contribution < 1.29 is 80.2 Å². The second kappa shape index (κ2) is 22.6. The van der Waals surface area contributed by atoms with Gasteiger partial charge in [-0.1, -0.05) is 117 Å². The van der Waals surface area contributed by atoms with Crippen molar-refractivity contribution in [2.75, 3.05) is 36.8 Å². The molecule has 0 spiro atoms. The number of nitrogens with two attached hydrogens (primary N) is 2. The summed E-state index contributed by atoms with van der Waals surface area (Å²) in [5, 5.41) is 5.19. The van der Waals surface area contributed by atoms with Crippen LogP contribution in [0.4, 0.5) is 0 Å². The fraction of sp³-hybridized carbons (Fsp3) is 0.167. The summed E-state index contributed by atoms with van der Waals surface area (Å²) >= 11 is 6.49. The number of halogens is 2. The SMILES string of the molecule is BrC/C=C/CBr.NC/C=C/CN.O=C1[N-]C(=O)c2ccccc21.O=C1c2ccccc2C(=O)N1C/C=C/CN1C(=O)c2ccccc2C1=O.[K+]. The second-order valence-corrected chi connectivity index (χ2v) is 11.3. The Morgan fingerprint density at radius 3 is 1.02 bits per heavy atom. The fourth-order valence-electron chi connectivity index (χ4n) is 4.56. The number of alkyl halides is 2. The van der Waals surface area contributed by atoms with E-state index in [9.17, 15) is 28.8 Å². The van der Waals surface area contributed by atoms with Crippen LogP contribution in [0.1, 0.15) is 62.1 Å². The molecule has 50 heavy (non-hydrogen) atoms. The van der Waals surface area contributed by atoms with Crippen LogP contribution in [0.25, 0.3) is 5.32 Å². The van der Waals surface area contributed by atoms with Gasteiger partial charge < -0.3 is 26.4 Å². The summed E-state index contributed by atoms with van der Waals surface area (Å²) in [6.07, 6.45) is 11.0. The van der Waals surface area contributed by atoms with Crippen LogP contribution in [0.5, 0.6) is 0 Å². The van der Waals surface area contributed by atoms with Crippen molar-refractivity contribution in [3.63, 3.8) is 0 Å². The standard InChI is InChI=1S/C20H14N2O4.C8H5NO2.C4H6Br2.C4H10N2.K/c23-17-13-7-1-2-8-14(13)18(24)21(17)11-5-6-12-22-19(25)15-9-3-4-10-16(15)20(22)26;10-7-5-3-1-2-4-6(5)8(11)9-7;2*5-3-1-2-4-6;/h1-10H,11-12H2;1-4H,(H,9,10,11);1-2H,3-4H2;1-2H,3-6H2;/q;;;;+1/p-1/b6-5+;;2*2-1+;. The molecular formula is C36H34Br2KN5O6. The molecule has 254 valence electrons. The van der Waals surface area contributed by atoms with Crippen molar-refractivity contribution in [3.8, 4) is 0 Å². The van der Waals surface area contributed by atoms with Gasteiger partial charge in [0, 0.05) is 48.0 Å². The minimum Gasteiger partial charge on any atom is -0.587 e. The molecule has 6 amide bonds. The van der Waals surface area contributed by atoms with Gasteiger partial charge in [0.2, 0.25) is 0 Å². The van der Waals surface area contributed by atoms with E-state index in [4.69, 9.17) is 11.5 Å². The molecule has 3 aliphatic rings. The van der Waals surface area contributed by atoms with E-state index in [1.165, 1.54) is 0 Å². The number of allylic oxidation sites excluding steroid dienone is 2. The quantitative estimate of drug-likeness (QED) is 0.151. The molecule has 4 N–H and O–H groups in total. The van der Waals surface area contributed by atoms with E-state index in [2.05, 4.69) is 49.3 Å². The largest absolute Gasteiger partial charge is 1.00 e. The van der Waals surface area contributed by atoms with Crippen LogP contribution in [-0.4, -0.2) is 82.1 Å². The number of benzene rings is 3. The predicted octanol–water partition coefficient (Wildman–Crippen LogP) is 2.29. The molecule has 0 unspecified atom stereocenters. The van der Waals surface area contributed by atoms with E-state index >= 15 is 0 Å². The van der Waals surface area contributed by atoms with Crippen molar-refractivity contribution in [3.05, 3.63) is 148 Å². The van der Waals surface area contributed by atoms with Crippen molar-refractivity contribution in [2.45, 2.75) is 0 Å². The van der Waals surface area contributed by atoms with E-state index < -0.39 is 11.8 Å². The summed E-state index contributed by atoms with van der Waals surface area (Å²) in [5.41, 5.74) is 12.6. The van der Waals surface area contributed by atoms with Crippen LogP contribution < -0.4 is 62.9 Å². The van der Waals surface area contributed by atoms with Crippen LogP contribution in [0.3, 0.4) is 0 Å². The molecule has 3 aromatic carbocycles. The predicted molar refractivity (Wildman–Crippen MR) is 195 cm³/mol. The minimum atomic E-state index is -0.425. The molecular weight excluding hydrogens is 797 g/mol. The van der Waals surface area contributed by atoms with Gasteiger partial charge in [-0.3, -0.25) is 29.0 Å². The first-order valence-electron chi connectivity index (χ1n) is 15.0. The zero-order chi connectivity index (χ0) is 35.8. The zero-order valence-electron chi connectivity index (χ0n) is 27.3. The number of carbonyl (C=O) groups excluding carboxylic acids is 6. The molecule has 11 nitrogen and oxygen atoms in total. The van der Waals surface area contributed by atoms with E-state index in [0.29, 0.717) is 46.5 Å². The Balaban J connectivity index is 0.000000296. The number of amides is 6. The Morgan fingerprint density at radius 2 is 0.760 bits per heavy atom. The summed E-state index contributed by atoms with van der Waals surface area (Å²) in [6.45, 7) is 1.37. The van der Waals surface area contributed by atoms with Crippen LogP contribution in [-0.2, 0) is 0 Å². The maximum absolute atomic E-state index is 12.3. The number of carbonyl (C=O) groups is 6. The van der Waals surface area contributed by atoms with Crippen molar-refractivity contribution in [1.82, 2.24) is 9.80 Å². The Kier molecular flexibility index (Phi) is 19.4. The average Bonchev–Trinajstić information content (AvgIpc) is 3.66. The normalized spacial score (nSPS) is 14.0. The molecule has 3 aromatic rings. The first-order valence-corrected chi connectivity index (χ1v) is 17.2. The first kappa shape index (κ1) is 43.0. The summed E-state index contributed by atoms with van der Waals surface area (Å²) in [4.78, 5) is 73.1. The van der Waals surface area contributed by atoms with Crippen LogP contribution in [0.15, 0.2) is 109 Å². The number of nitrogens with zero attached hydrogens (tertiary/aromatic N) is 3. The third-order valence-electron chi connectivity index (χ3n) is 6.87. The third-order valence-corrected chi connectivity index (χ3v) is 7.62. The van der Waals surface area contributed by atoms with Crippen molar-refractivity contribution in [2.24, 2.45) is 11.5 Å². The van der Waals surface area contributed by atoms with Crippen LogP contribution in [0.2, 0.25) is 0 Å². The number of hydrogen-bond acceptors (Lipinski definition) is 8. The fourth-order valence-corrected chi connectivity index (χ4v) is 5.09. The van der Waals surface area contributed by atoms with Gasteiger partial charge in [-0.2, -0.15) is 0 Å². The molecule has 0 fully saturated rings. The molecule has 3 aliphatic heterocycles. The smallest absolute Gasteiger partial charge is 0.587 e. The van der Waals surface area contributed by atoms with Gasteiger partial charge >= 0.3 is 51.4 Å². The molecule has 6 rings (SSSR count). The summed E-state index contributed by atoms with van der Waals surface area (Å²) in [7, 11) is 0. The Labute approximate surface area is 349 Å². The Bertz CT molecular complexity index is 1590. The van der Waals surface area contributed by atoms with Gasteiger partial charge in [-0.15, -0.1) is 0 Å². The van der Waals surface area contributed by atoms with E-state index in [1.807, 2.05) is 12.2 Å². The Hall–Kier alpha value is -3.18. The molecule has 0 aliphatic carbocycles. The molecule has 3 heterocycles. The van der Waals surface area contributed by atoms with Crippen LogP contribution >= 0.6 is 31.9 Å². The molecule has 0 bridgehead atoms. The van der Waals surface area contributed by atoms with Crippen molar-refractivity contribution >= 4 is 67.3 Å². The molecule has 14 heteroatoms. The molecule has 0 radical (unpaired) electrons. The minimum absolute atomic E-state index is 0. The number of imide groups is 3. The number of fused-ring (bicyclic) bond motifs is 3. The van der Waals surface area contributed by atoms with Gasteiger partial charge in [0.1, 0.15) is 0 Å². The maximum Gasteiger partial charge on any atom is 1.00 e. The third kappa shape index (κ3) is 11.4. The van der Waals surface area contributed by atoms with Crippen molar-refractivity contribution in [1.29, 1.82) is 0 Å². The van der Waals surface area contributed by atoms with E-state index in [0.717, 1.165) is 20.5 Å². The van der Waals surface area contributed by atoms with Gasteiger partial charge in [0.25, 0.3) is 23.6 Å². The first-order chi connectivity index (χ1) is 23.7. The van der Waals surface area contributed by atoms with Gasteiger partial charge in [-0.25, -0.2) is 0 Å². The molecule has 0 aromatic heterocycles. The maximum atomic E-state index is 12.3. The second-order valence-electron chi connectivity index (χ2n) is 9.99. The van der Waals surface area contributed by atoms with E-state index in [1.54, 1.807) is 84.9 Å². The van der Waals surface area contributed by atoms with Gasteiger partial charge in [-0.05, 0) is 24.3 Å². The average molecular weight is 832 g/mol. The molecule has 0 saturated carbocycles. The van der Waals surface area contributed by atoms with E-state index in [-0.39, 0.29) is 88.1 Å². The van der Waals surface area contributed by atoms with Gasteiger partial charge in [0.15, 0.2) is 0 Å². The topological polar surface area (TPSA) is 175 Å². The summed E-state index contributed by atoms with van der Waals surface area (Å²) < 4.78 is 0. The van der Waals surface area contributed by atoms with Crippen LogP contribution in [0, 0.1) is 0 Å². The molecule has 0 saturated heterocycles. The summed E-state index contributed by atoms with van der Waals surface area (Å²) in [6, 6.07) is 20.0. The number of hydrogen-bond donors (Lipinski definition) is 2. The zero-order valence-corrected chi connectivity index (χ0v) is 33.6. The monoisotopic (exact) mass is 829 g/mol.